The maximum atomic E-state index is 12.9. The molecular weight excluding hydrogens is 322 g/mol. The zero-order chi connectivity index (χ0) is 16.5. The highest BCUT2D eigenvalue weighted by Gasteiger charge is 2.30. The summed E-state index contributed by atoms with van der Waals surface area (Å²) >= 11 is 1.47. The second-order valence-corrected chi connectivity index (χ2v) is 7.78. The lowest BCUT2D eigenvalue weighted by atomic mass is 10.2. The summed E-state index contributed by atoms with van der Waals surface area (Å²) in [5.74, 6) is 0.130. The molecule has 1 aromatic heterocycles. The summed E-state index contributed by atoms with van der Waals surface area (Å²) in [5, 5.41) is 12.7. The van der Waals surface area contributed by atoms with E-state index in [1.807, 2.05) is 34.7 Å². The minimum atomic E-state index is -0.206. The Morgan fingerprint density at radius 2 is 2.08 bits per heavy atom. The SMILES string of the molecule is C[C@@H](Sc1nnnn1C1CCCC1)C(=O)N1CCc2ccccc21. The van der Waals surface area contributed by atoms with E-state index in [0.717, 1.165) is 36.7 Å². The zero-order valence-corrected chi connectivity index (χ0v) is 14.6. The molecule has 2 aromatic rings. The molecule has 126 valence electrons. The number of carbonyl (C=O) groups is 1. The number of benzene rings is 1. The van der Waals surface area contributed by atoms with Crippen molar-refractivity contribution in [3.05, 3.63) is 29.8 Å². The number of carbonyl (C=O) groups excluding carboxylic acids is 1. The van der Waals surface area contributed by atoms with Crippen LogP contribution in [0.1, 0.15) is 44.2 Å². The Morgan fingerprint density at radius 1 is 1.29 bits per heavy atom. The van der Waals surface area contributed by atoms with E-state index in [-0.39, 0.29) is 11.2 Å². The number of rotatable bonds is 4. The van der Waals surface area contributed by atoms with Gasteiger partial charge >= 0.3 is 0 Å². The molecule has 1 aromatic carbocycles. The van der Waals surface area contributed by atoms with Crippen molar-refractivity contribution in [2.24, 2.45) is 0 Å². The lowest BCUT2D eigenvalue weighted by Gasteiger charge is -2.21. The van der Waals surface area contributed by atoms with E-state index < -0.39 is 0 Å². The molecule has 0 radical (unpaired) electrons. The van der Waals surface area contributed by atoms with Crippen molar-refractivity contribution in [3.8, 4) is 0 Å². The molecule has 1 aliphatic carbocycles. The van der Waals surface area contributed by atoms with Crippen molar-refractivity contribution in [2.75, 3.05) is 11.4 Å². The molecule has 1 aliphatic heterocycles. The molecule has 4 rings (SSSR count). The topological polar surface area (TPSA) is 63.9 Å². The van der Waals surface area contributed by atoms with Gasteiger partial charge in [-0.05, 0) is 48.2 Å². The van der Waals surface area contributed by atoms with Gasteiger partial charge in [0.2, 0.25) is 11.1 Å². The van der Waals surface area contributed by atoms with Gasteiger partial charge in [0.05, 0.1) is 11.3 Å². The number of anilines is 1. The van der Waals surface area contributed by atoms with Gasteiger partial charge in [-0.1, -0.05) is 42.8 Å². The number of fused-ring (bicyclic) bond motifs is 1. The van der Waals surface area contributed by atoms with Crippen LogP contribution in [-0.4, -0.2) is 37.9 Å². The van der Waals surface area contributed by atoms with E-state index in [1.54, 1.807) is 0 Å². The van der Waals surface area contributed by atoms with Crippen molar-refractivity contribution >= 4 is 23.4 Å². The molecule has 1 fully saturated rings. The summed E-state index contributed by atoms with van der Waals surface area (Å²) in [6.45, 7) is 2.71. The Bertz CT molecular complexity index is 740. The second kappa shape index (κ2) is 6.55. The summed E-state index contributed by atoms with van der Waals surface area (Å²) in [6.07, 6.45) is 5.64. The third-order valence-electron chi connectivity index (χ3n) is 4.92. The minimum Gasteiger partial charge on any atom is -0.311 e. The van der Waals surface area contributed by atoms with Gasteiger partial charge in [-0.3, -0.25) is 4.79 Å². The predicted molar refractivity (Wildman–Crippen MR) is 93.1 cm³/mol. The number of aromatic nitrogens is 4. The first-order chi connectivity index (χ1) is 11.7. The van der Waals surface area contributed by atoms with Gasteiger partial charge in [-0.15, -0.1) is 5.10 Å². The second-order valence-electron chi connectivity index (χ2n) is 6.47. The van der Waals surface area contributed by atoms with Crippen LogP contribution in [0.15, 0.2) is 29.4 Å². The molecule has 1 atom stereocenters. The van der Waals surface area contributed by atoms with E-state index in [0.29, 0.717) is 6.04 Å². The van der Waals surface area contributed by atoms with Crippen LogP contribution >= 0.6 is 11.8 Å². The molecule has 0 unspecified atom stereocenters. The summed E-state index contributed by atoms with van der Waals surface area (Å²) < 4.78 is 1.92. The van der Waals surface area contributed by atoms with Gasteiger partial charge in [0, 0.05) is 12.2 Å². The van der Waals surface area contributed by atoms with Crippen LogP contribution in [0.3, 0.4) is 0 Å². The molecule has 6 nitrogen and oxygen atoms in total. The Kier molecular flexibility index (Phi) is 4.26. The van der Waals surface area contributed by atoms with E-state index in [9.17, 15) is 4.79 Å². The van der Waals surface area contributed by atoms with E-state index >= 15 is 0 Å². The Morgan fingerprint density at radius 3 is 2.92 bits per heavy atom. The number of hydrogen-bond donors (Lipinski definition) is 0. The van der Waals surface area contributed by atoms with Gasteiger partial charge in [0.25, 0.3) is 0 Å². The highest BCUT2D eigenvalue weighted by atomic mass is 32.2. The van der Waals surface area contributed by atoms with Gasteiger partial charge in [0.15, 0.2) is 0 Å². The molecule has 1 saturated carbocycles. The van der Waals surface area contributed by atoms with Crippen molar-refractivity contribution < 1.29 is 4.79 Å². The minimum absolute atomic E-state index is 0.130. The normalized spacial score (nSPS) is 18.8. The lowest BCUT2D eigenvalue weighted by molar-refractivity contribution is -0.117. The van der Waals surface area contributed by atoms with Crippen LogP contribution in [0.5, 0.6) is 0 Å². The van der Waals surface area contributed by atoms with E-state index in [1.165, 1.54) is 30.2 Å². The van der Waals surface area contributed by atoms with Crippen LogP contribution in [0.4, 0.5) is 5.69 Å². The maximum Gasteiger partial charge on any atom is 0.240 e. The molecule has 2 aliphatic rings. The third-order valence-corrected chi connectivity index (χ3v) is 5.95. The molecule has 1 amide bonds. The first-order valence-corrected chi connectivity index (χ1v) is 9.46. The zero-order valence-electron chi connectivity index (χ0n) is 13.8. The molecule has 0 N–H and O–H groups in total. The van der Waals surface area contributed by atoms with Crippen LogP contribution in [0, 0.1) is 0 Å². The van der Waals surface area contributed by atoms with E-state index in [2.05, 4.69) is 21.6 Å². The highest BCUT2D eigenvalue weighted by molar-refractivity contribution is 8.00. The number of amides is 1. The largest absolute Gasteiger partial charge is 0.311 e. The quantitative estimate of drug-likeness (QED) is 0.799. The third kappa shape index (κ3) is 2.81. The first-order valence-electron chi connectivity index (χ1n) is 8.58. The molecular formula is C17H21N5OS. The average molecular weight is 343 g/mol. The Balaban J connectivity index is 1.48. The van der Waals surface area contributed by atoms with Gasteiger partial charge in [-0.2, -0.15) is 0 Å². The smallest absolute Gasteiger partial charge is 0.240 e. The number of hydrogen-bond acceptors (Lipinski definition) is 5. The number of nitrogens with zero attached hydrogens (tertiary/aromatic N) is 5. The molecule has 0 saturated heterocycles. The van der Waals surface area contributed by atoms with Gasteiger partial charge in [0.1, 0.15) is 0 Å². The summed E-state index contributed by atoms with van der Waals surface area (Å²) in [7, 11) is 0. The van der Waals surface area contributed by atoms with Crippen molar-refractivity contribution in [2.45, 2.75) is 55.5 Å². The summed E-state index contributed by atoms with van der Waals surface area (Å²) in [4.78, 5) is 14.8. The predicted octanol–water partition coefficient (Wildman–Crippen LogP) is 2.86. The molecule has 0 spiro atoms. The fraction of sp³-hybridized carbons (Fsp3) is 0.529. The fourth-order valence-electron chi connectivity index (χ4n) is 3.64. The Hall–Kier alpha value is -1.89. The van der Waals surface area contributed by atoms with Crippen molar-refractivity contribution in [1.82, 2.24) is 20.2 Å². The van der Waals surface area contributed by atoms with Crippen LogP contribution in [0.2, 0.25) is 0 Å². The summed E-state index contributed by atoms with van der Waals surface area (Å²) in [6, 6.07) is 8.53. The summed E-state index contributed by atoms with van der Waals surface area (Å²) in [5.41, 5.74) is 2.30. The highest BCUT2D eigenvalue weighted by Crippen LogP contribution is 2.34. The van der Waals surface area contributed by atoms with Crippen LogP contribution in [0.25, 0.3) is 0 Å². The van der Waals surface area contributed by atoms with Crippen molar-refractivity contribution in [3.63, 3.8) is 0 Å². The standard InChI is InChI=1S/C17H21N5OS/c1-12(16(23)21-11-10-13-6-2-5-9-15(13)21)24-17-18-19-20-22(17)14-7-3-4-8-14/h2,5-6,9,12,14H,3-4,7-8,10-11H2,1H3/t12-/m1/s1. The molecule has 7 heteroatoms. The van der Waals surface area contributed by atoms with Crippen LogP contribution in [-0.2, 0) is 11.2 Å². The van der Waals surface area contributed by atoms with E-state index in [4.69, 9.17) is 0 Å². The molecule has 0 bridgehead atoms. The van der Waals surface area contributed by atoms with Crippen molar-refractivity contribution in [1.29, 1.82) is 0 Å². The fourth-order valence-corrected chi connectivity index (χ4v) is 4.56. The first kappa shape index (κ1) is 15.6. The molecule has 2 heterocycles. The maximum absolute atomic E-state index is 12.9. The monoisotopic (exact) mass is 343 g/mol. The van der Waals surface area contributed by atoms with Gasteiger partial charge in [-0.25, -0.2) is 4.68 Å². The lowest BCUT2D eigenvalue weighted by Crippen LogP contribution is -2.35. The number of para-hydroxylation sites is 1. The number of tetrazole rings is 1. The Labute approximate surface area is 145 Å². The average Bonchev–Trinajstić information content (AvgIpc) is 3.33. The molecule has 24 heavy (non-hydrogen) atoms. The van der Waals surface area contributed by atoms with Crippen LogP contribution < -0.4 is 4.90 Å². The van der Waals surface area contributed by atoms with Gasteiger partial charge < -0.3 is 4.90 Å². The number of thioether (sulfide) groups is 1.